The monoisotopic (exact) mass is 394 g/mol. The zero-order valence-corrected chi connectivity index (χ0v) is 16.3. The lowest BCUT2D eigenvalue weighted by molar-refractivity contribution is -0.119. The van der Waals surface area contributed by atoms with Gasteiger partial charge in [-0.3, -0.25) is 4.79 Å². The van der Waals surface area contributed by atoms with Gasteiger partial charge in [0, 0.05) is 31.0 Å². The molecule has 2 aromatic rings. The summed E-state index contributed by atoms with van der Waals surface area (Å²) in [5, 5.41) is 0. The summed E-state index contributed by atoms with van der Waals surface area (Å²) in [6.07, 6.45) is 7.07. The summed E-state index contributed by atoms with van der Waals surface area (Å²) < 4.78 is 45.8. The molecule has 0 unspecified atom stereocenters. The van der Waals surface area contributed by atoms with Gasteiger partial charge in [0.1, 0.15) is 22.9 Å². The van der Waals surface area contributed by atoms with Crippen molar-refractivity contribution in [3.8, 4) is 5.75 Å². The molecule has 0 aliphatic heterocycles. The molecule has 0 amide bonds. The molecule has 0 N–H and O–H groups in total. The number of hydrogen-bond acceptors (Lipinski definition) is 3. The SMILES string of the molecule is CC(C)(C)CC(=O)C/C=C/c1nc2c(F)cc(OC(F)F)cc2n1C1CCC1. The summed E-state index contributed by atoms with van der Waals surface area (Å²) in [7, 11) is 0. The molecule has 0 saturated heterocycles. The second kappa shape index (κ2) is 7.97. The molecule has 1 aromatic heterocycles. The highest BCUT2D eigenvalue weighted by molar-refractivity contribution is 5.82. The lowest BCUT2D eigenvalue weighted by atomic mass is 9.89. The van der Waals surface area contributed by atoms with Gasteiger partial charge in [0.25, 0.3) is 0 Å². The van der Waals surface area contributed by atoms with Crippen LogP contribution in [0.4, 0.5) is 13.2 Å². The van der Waals surface area contributed by atoms with Crippen LogP contribution in [0.2, 0.25) is 0 Å². The topological polar surface area (TPSA) is 44.1 Å². The predicted octanol–water partition coefficient (Wildman–Crippen LogP) is 5.91. The molecule has 1 aliphatic carbocycles. The maximum absolute atomic E-state index is 14.4. The van der Waals surface area contributed by atoms with Gasteiger partial charge in [-0.15, -0.1) is 0 Å². The van der Waals surface area contributed by atoms with E-state index in [2.05, 4.69) is 9.72 Å². The fourth-order valence-corrected chi connectivity index (χ4v) is 3.42. The number of hydrogen-bond donors (Lipinski definition) is 0. The molecule has 1 heterocycles. The molecule has 152 valence electrons. The maximum atomic E-state index is 14.4. The third-order valence-electron chi connectivity index (χ3n) is 4.75. The van der Waals surface area contributed by atoms with Gasteiger partial charge in [-0.25, -0.2) is 9.37 Å². The molecule has 7 heteroatoms. The number of ketones is 1. The third-order valence-corrected chi connectivity index (χ3v) is 4.75. The maximum Gasteiger partial charge on any atom is 0.387 e. The van der Waals surface area contributed by atoms with E-state index >= 15 is 0 Å². The molecule has 1 saturated carbocycles. The Labute approximate surface area is 162 Å². The molecule has 3 rings (SSSR count). The number of carbonyl (C=O) groups is 1. The van der Waals surface area contributed by atoms with Crippen LogP contribution in [-0.2, 0) is 4.79 Å². The van der Waals surface area contributed by atoms with Crippen molar-refractivity contribution in [2.75, 3.05) is 0 Å². The van der Waals surface area contributed by atoms with E-state index in [1.165, 1.54) is 6.07 Å². The van der Waals surface area contributed by atoms with Crippen LogP contribution in [0.3, 0.4) is 0 Å². The normalized spacial score (nSPS) is 15.5. The molecule has 1 fully saturated rings. The Morgan fingerprint density at radius 3 is 2.64 bits per heavy atom. The first kappa shape index (κ1) is 20.4. The van der Waals surface area contributed by atoms with Crippen molar-refractivity contribution in [3.05, 3.63) is 29.9 Å². The highest BCUT2D eigenvalue weighted by atomic mass is 19.3. The number of fused-ring (bicyclic) bond motifs is 1. The van der Waals surface area contributed by atoms with E-state index in [-0.39, 0.29) is 34.9 Å². The number of carbonyl (C=O) groups excluding carboxylic acids is 1. The van der Waals surface area contributed by atoms with E-state index in [4.69, 9.17) is 0 Å². The van der Waals surface area contributed by atoms with E-state index in [0.29, 0.717) is 17.8 Å². The first-order valence-electron chi connectivity index (χ1n) is 9.48. The molecular weight excluding hydrogens is 369 g/mol. The summed E-state index contributed by atoms with van der Waals surface area (Å²) in [5.74, 6) is -0.286. The third kappa shape index (κ3) is 4.75. The van der Waals surface area contributed by atoms with Crippen LogP contribution in [0.25, 0.3) is 17.1 Å². The minimum Gasteiger partial charge on any atom is -0.435 e. The summed E-state index contributed by atoms with van der Waals surface area (Å²) in [6.45, 7) is 3.00. The quantitative estimate of drug-likeness (QED) is 0.586. The fourth-order valence-electron chi connectivity index (χ4n) is 3.42. The summed E-state index contributed by atoms with van der Waals surface area (Å²) >= 11 is 0. The van der Waals surface area contributed by atoms with Gasteiger partial charge >= 0.3 is 6.61 Å². The number of alkyl halides is 2. The highest BCUT2D eigenvalue weighted by Crippen LogP contribution is 2.37. The Hall–Kier alpha value is -2.31. The van der Waals surface area contributed by atoms with E-state index in [1.807, 2.05) is 25.3 Å². The second-order valence-corrected chi connectivity index (χ2v) is 8.46. The van der Waals surface area contributed by atoms with E-state index in [0.717, 1.165) is 25.3 Å². The Morgan fingerprint density at radius 1 is 1.36 bits per heavy atom. The molecular formula is C21H25F3N2O2. The summed E-state index contributed by atoms with van der Waals surface area (Å²) in [5.41, 5.74) is 0.476. The predicted molar refractivity (Wildman–Crippen MR) is 102 cm³/mol. The second-order valence-electron chi connectivity index (χ2n) is 8.46. The zero-order valence-electron chi connectivity index (χ0n) is 16.3. The number of aromatic nitrogens is 2. The molecule has 1 aromatic carbocycles. The van der Waals surface area contributed by atoms with Crippen LogP contribution in [0, 0.1) is 11.2 Å². The average Bonchev–Trinajstić information content (AvgIpc) is 2.82. The molecule has 0 spiro atoms. The van der Waals surface area contributed by atoms with Crippen molar-refractivity contribution < 1.29 is 22.7 Å². The minimum absolute atomic E-state index is 0.0752. The number of halogens is 3. The number of rotatable bonds is 7. The van der Waals surface area contributed by atoms with Gasteiger partial charge in [-0.05, 0) is 30.8 Å². The number of allylic oxidation sites excluding steroid dienone is 1. The van der Waals surface area contributed by atoms with Crippen LogP contribution >= 0.6 is 0 Å². The fraction of sp³-hybridized carbons (Fsp3) is 0.524. The summed E-state index contributed by atoms with van der Waals surface area (Å²) in [4.78, 5) is 16.4. The number of nitrogens with zero attached hydrogens (tertiary/aromatic N) is 2. The largest absolute Gasteiger partial charge is 0.435 e. The number of Topliss-reactive ketones (excluding diaryl/α,β-unsaturated/α-hetero) is 1. The molecule has 0 radical (unpaired) electrons. The van der Waals surface area contributed by atoms with Gasteiger partial charge in [0.2, 0.25) is 0 Å². The molecule has 4 nitrogen and oxygen atoms in total. The van der Waals surface area contributed by atoms with Crippen molar-refractivity contribution in [3.63, 3.8) is 0 Å². The van der Waals surface area contributed by atoms with Gasteiger partial charge in [-0.2, -0.15) is 8.78 Å². The minimum atomic E-state index is -3.02. The lowest BCUT2D eigenvalue weighted by Crippen LogP contribution is -2.18. The van der Waals surface area contributed by atoms with Gasteiger partial charge in [0.05, 0.1) is 5.52 Å². The number of ether oxygens (including phenoxy) is 1. The summed E-state index contributed by atoms with van der Waals surface area (Å²) in [6, 6.07) is 2.46. The van der Waals surface area contributed by atoms with Crippen molar-refractivity contribution in [2.45, 2.75) is 65.5 Å². The van der Waals surface area contributed by atoms with Crippen LogP contribution in [0.5, 0.6) is 5.75 Å². The highest BCUT2D eigenvalue weighted by Gasteiger charge is 2.26. The standard InChI is InChI=1S/C21H25F3N2O2/c1-21(2,3)12-14(27)8-5-9-18-25-19-16(22)10-15(28-20(23)24)11-17(19)26(18)13-6-4-7-13/h5,9-11,13,20H,4,6-8,12H2,1-3H3/b9-5+. The molecule has 0 bridgehead atoms. The van der Waals surface area contributed by atoms with Crippen LogP contribution in [-0.4, -0.2) is 21.9 Å². The van der Waals surface area contributed by atoms with Crippen molar-refractivity contribution >= 4 is 22.9 Å². The van der Waals surface area contributed by atoms with Crippen molar-refractivity contribution in [1.82, 2.24) is 9.55 Å². The first-order chi connectivity index (χ1) is 13.1. The van der Waals surface area contributed by atoms with Crippen LogP contribution < -0.4 is 4.74 Å². The van der Waals surface area contributed by atoms with Gasteiger partial charge in [0.15, 0.2) is 5.82 Å². The van der Waals surface area contributed by atoms with Gasteiger partial charge < -0.3 is 9.30 Å². The van der Waals surface area contributed by atoms with Gasteiger partial charge in [-0.1, -0.05) is 26.8 Å². The zero-order chi connectivity index (χ0) is 20.5. The average molecular weight is 394 g/mol. The Morgan fingerprint density at radius 2 is 2.07 bits per heavy atom. The Bertz CT molecular complexity index is 893. The molecule has 1 aliphatic rings. The number of benzene rings is 1. The van der Waals surface area contributed by atoms with Crippen molar-refractivity contribution in [1.29, 1.82) is 0 Å². The molecule has 28 heavy (non-hydrogen) atoms. The molecule has 0 atom stereocenters. The van der Waals surface area contributed by atoms with E-state index in [9.17, 15) is 18.0 Å². The van der Waals surface area contributed by atoms with Crippen molar-refractivity contribution in [2.24, 2.45) is 5.41 Å². The van der Waals surface area contributed by atoms with E-state index < -0.39 is 12.4 Å². The van der Waals surface area contributed by atoms with Crippen LogP contribution in [0.15, 0.2) is 18.2 Å². The lowest BCUT2D eigenvalue weighted by Gasteiger charge is -2.28. The Kier molecular flexibility index (Phi) is 5.82. The smallest absolute Gasteiger partial charge is 0.387 e. The van der Waals surface area contributed by atoms with E-state index in [1.54, 1.807) is 12.2 Å². The Balaban J connectivity index is 1.92. The first-order valence-corrected chi connectivity index (χ1v) is 9.48. The van der Waals surface area contributed by atoms with Crippen LogP contribution in [0.1, 0.15) is 64.7 Å². The number of imidazole rings is 1.